The molecule has 122 valence electrons. The Kier molecular flexibility index (Phi) is 4.54. The van der Waals surface area contributed by atoms with Crippen molar-refractivity contribution < 1.29 is 13.9 Å². The lowest BCUT2D eigenvalue weighted by Gasteiger charge is -2.26. The summed E-state index contributed by atoms with van der Waals surface area (Å²) < 4.78 is 11.7. The largest absolute Gasteiger partial charge is 0.455 e. The topological polar surface area (TPSA) is 45.9 Å². The first kappa shape index (κ1) is 15.6. The second-order valence-corrected chi connectivity index (χ2v) is 6.78. The summed E-state index contributed by atoms with van der Waals surface area (Å²) in [5.74, 6) is 1.30. The molecule has 22 heavy (non-hydrogen) atoms. The minimum Gasteiger partial charge on any atom is -0.455 e. The van der Waals surface area contributed by atoms with Crippen molar-refractivity contribution in [3.05, 3.63) is 23.7 Å². The van der Waals surface area contributed by atoms with Crippen molar-refractivity contribution in [2.45, 2.75) is 44.2 Å². The molecule has 0 saturated carbocycles. The average molecular weight is 306 g/mol. The predicted molar refractivity (Wildman–Crippen MR) is 83.8 cm³/mol. The Hall–Kier alpha value is -1.33. The van der Waals surface area contributed by atoms with Gasteiger partial charge in [-0.1, -0.05) is 0 Å². The summed E-state index contributed by atoms with van der Waals surface area (Å²) in [5.41, 5.74) is 0.0360. The zero-order chi connectivity index (χ0) is 15.6. The van der Waals surface area contributed by atoms with Crippen LogP contribution in [0.5, 0.6) is 0 Å². The summed E-state index contributed by atoms with van der Waals surface area (Å²) in [7, 11) is 3.97. The number of nitrogens with zero attached hydrogens (tertiary/aromatic N) is 2. The number of hydrogen-bond donors (Lipinski definition) is 0. The van der Waals surface area contributed by atoms with Crippen LogP contribution in [0.15, 0.2) is 16.5 Å². The van der Waals surface area contributed by atoms with Crippen LogP contribution in [0, 0.1) is 0 Å². The van der Waals surface area contributed by atoms with Crippen molar-refractivity contribution in [1.29, 1.82) is 0 Å². The van der Waals surface area contributed by atoms with E-state index in [0.29, 0.717) is 12.3 Å². The number of furan rings is 1. The minimum absolute atomic E-state index is 0.0139. The van der Waals surface area contributed by atoms with Crippen molar-refractivity contribution in [1.82, 2.24) is 9.80 Å². The summed E-state index contributed by atoms with van der Waals surface area (Å²) >= 11 is 0. The third kappa shape index (κ3) is 3.36. The number of rotatable bonds is 3. The van der Waals surface area contributed by atoms with Crippen molar-refractivity contribution in [2.24, 2.45) is 0 Å². The molecule has 3 rings (SSSR count). The molecule has 2 fully saturated rings. The summed E-state index contributed by atoms with van der Waals surface area (Å²) in [6.07, 6.45) is 5.32. The van der Waals surface area contributed by atoms with Crippen LogP contribution in [0.3, 0.4) is 0 Å². The Balaban J connectivity index is 1.63. The molecular weight excluding hydrogens is 280 g/mol. The van der Waals surface area contributed by atoms with Crippen LogP contribution in [0.25, 0.3) is 0 Å². The number of ether oxygens (including phenoxy) is 1. The molecule has 5 nitrogen and oxygen atoms in total. The first-order valence-electron chi connectivity index (χ1n) is 8.25. The molecule has 1 aromatic heterocycles. The molecule has 3 heterocycles. The summed E-state index contributed by atoms with van der Waals surface area (Å²) in [5, 5.41) is 0. The van der Waals surface area contributed by atoms with Crippen LogP contribution in [0.1, 0.15) is 48.4 Å². The fraction of sp³-hybridized carbons (Fsp3) is 0.706. The zero-order valence-corrected chi connectivity index (χ0v) is 13.6. The van der Waals surface area contributed by atoms with Crippen molar-refractivity contribution in [2.75, 3.05) is 33.8 Å². The lowest BCUT2D eigenvalue weighted by atomic mass is 9.92. The second-order valence-electron chi connectivity index (χ2n) is 6.78. The fourth-order valence-electron chi connectivity index (χ4n) is 3.57. The van der Waals surface area contributed by atoms with E-state index in [9.17, 15) is 4.79 Å². The lowest BCUT2D eigenvalue weighted by Crippen LogP contribution is -2.34. The molecule has 0 unspecified atom stereocenters. The van der Waals surface area contributed by atoms with E-state index in [1.54, 1.807) is 6.07 Å². The van der Waals surface area contributed by atoms with Gasteiger partial charge >= 0.3 is 0 Å². The van der Waals surface area contributed by atoms with Crippen LogP contribution in [0.2, 0.25) is 0 Å². The average Bonchev–Trinajstić information content (AvgIpc) is 3.06. The van der Waals surface area contributed by atoms with Gasteiger partial charge in [0, 0.05) is 19.7 Å². The molecule has 1 atom stereocenters. The van der Waals surface area contributed by atoms with Crippen molar-refractivity contribution >= 4 is 5.91 Å². The molecule has 2 saturated heterocycles. The highest BCUT2D eigenvalue weighted by molar-refractivity contribution is 5.91. The molecule has 0 aliphatic carbocycles. The lowest BCUT2D eigenvalue weighted by molar-refractivity contribution is -0.00698. The second kappa shape index (κ2) is 6.42. The third-order valence-corrected chi connectivity index (χ3v) is 4.71. The highest BCUT2D eigenvalue weighted by Gasteiger charge is 2.37. The number of hydrogen-bond acceptors (Lipinski definition) is 4. The Labute approximate surface area is 132 Å². The number of amides is 1. The van der Waals surface area contributed by atoms with E-state index in [2.05, 4.69) is 0 Å². The fourth-order valence-corrected chi connectivity index (χ4v) is 3.57. The molecule has 0 N–H and O–H groups in total. The Morgan fingerprint density at radius 2 is 2.05 bits per heavy atom. The molecular formula is C17H26N2O3. The maximum Gasteiger partial charge on any atom is 0.289 e. The monoisotopic (exact) mass is 306 g/mol. The van der Waals surface area contributed by atoms with E-state index in [1.165, 1.54) is 0 Å². The zero-order valence-electron chi connectivity index (χ0n) is 13.6. The van der Waals surface area contributed by atoms with E-state index in [-0.39, 0.29) is 11.5 Å². The van der Waals surface area contributed by atoms with Gasteiger partial charge in [0.1, 0.15) is 5.76 Å². The standard InChI is InChI=1S/C17H26N2O3/c1-18(2)13-14-5-6-15(22-14)16(20)19-10-3-7-17(9-11-19)8-4-12-21-17/h5-6H,3-4,7-13H2,1-2H3/t17-/m0/s1. The van der Waals surface area contributed by atoms with E-state index in [4.69, 9.17) is 9.15 Å². The maximum atomic E-state index is 12.6. The van der Waals surface area contributed by atoms with Crippen LogP contribution in [-0.2, 0) is 11.3 Å². The highest BCUT2D eigenvalue weighted by Crippen LogP contribution is 2.35. The molecule has 0 bridgehead atoms. The van der Waals surface area contributed by atoms with Gasteiger partial charge in [0.2, 0.25) is 0 Å². The van der Waals surface area contributed by atoms with Gasteiger partial charge in [-0.3, -0.25) is 4.79 Å². The molecule has 0 radical (unpaired) electrons. The molecule has 5 heteroatoms. The van der Waals surface area contributed by atoms with Gasteiger partial charge in [0.05, 0.1) is 12.1 Å². The van der Waals surface area contributed by atoms with Gasteiger partial charge in [-0.25, -0.2) is 0 Å². The SMILES string of the molecule is CN(C)Cc1ccc(C(=O)N2CCC[C@]3(CCCO3)CC2)o1. The molecule has 1 spiro atoms. The summed E-state index contributed by atoms with van der Waals surface area (Å²) in [4.78, 5) is 16.6. The first-order valence-corrected chi connectivity index (χ1v) is 8.25. The van der Waals surface area contributed by atoms with Gasteiger partial charge in [-0.05, 0) is 58.3 Å². The Bertz CT molecular complexity index is 518. The van der Waals surface area contributed by atoms with Crippen molar-refractivity contribution in [3.8, 4) is 0 Å². The maximum absolute atomic E-state index is 12.6. The van der Waals surface area contributed by atoms with Crippen LogP contribution in [-0.4, -0.2) is 55.1 Å². The van der Waals surface area contributed by atoms with E-state index < -0.39 is 0 Å². The van der Waals surface area contributed by atoms with Crippen LogP contribution < -0.4 is 0 Å². The molecule has 1 amide bonds. The van der Waals surface area contributed by atoms with Crippen LogP contribution in [0.4, 0.5) is 0 Å². The Morgan fingerprint density at radius 1 is 1.23 bits per heavy atom. The van der Waals surface area contributed by atoms with E-state index in [0.717, 1.165) is 57.6 Å². The van der Waals surface area contributed by atoms with E-state index >= 15 is 0 Å². The summed E-state index contributed by atoms with van der Waals surface area (Å²) in [6, 6.07) is 3.69. The van der Waals surface area contributed by atoms with Gasteiger partial charge < -0.3 is 19.0 Å². The number of carbonyl (C=O) groups is 1. The smallest absolute Gasteiger partial charge is 0.289 e. The van der Waals surface area contributed by atoms with Gasteiger partial charge in [-0.2, -0.15) is 0 Å². The number of likely N-dealkylation sites (tertiary alicyclic amines) is 1. The van der Waals surface area contributed by atoms with Gasteiger partial charge in [-0.15, -0.1) is 0 Å². The molecule has 2 aliphatic heterocycles. The molecule has 1 aromatic rings. The predicted octanol–water partition coefficient (Wildman–Crippen LogP) is 2.52. The third-order valence-electron chi connectivity index (χ3n) is 4.71. The van der Waals surface area contributed by atoms with Gasteiger partial charge in [0.25, 0.3) is 5.91 Å². The number of carbonyl (C=O) groups excluding carboxylic acids is 1. The van der Waals surface area contributed by atoms with Crippen molar-refractivity contribution in [3.63, 3.8) is 0 Å². The quantitative estimate of drug-likeness (QED) is 0.861. The minimum atomic E-state index is 0.0139. The Morgan fingerprint density at radius 3 is 2.77 bits per heavy atom. The first-order chi connectivity index (χ1) is 10.6. The molecule has 0 aromatic carbocycles. The van der Waals surface area contributed by atoms with Gasteiger partial charge in [0.15, 0.2) is 5.76 Å². The normalized spacial score (nSPS) is 25.9. The van der Waals surface area contributed by atoms with E-state index in [1.807, 2.05) is 30.0 Å². The molecule has 2 aliphatic rings. The summed E-state index contributed by atoms with van der Waals surface area (Å²) in [6.45, 7) is 3.15. The highest BCUT2D eigenvalue weighted by atomic mass is 16.5. The van der Waals surface area contributed by atoms with Crippen LogP contribution >= 0.6 is 0 Å².